The smallest absolute Gasteiger partial charge is 0.181 e. The molecule has 1 fully saturated rings. The summed E-state index contributed by atoms with van der Waals surface area (Å²) >= 11 is 3.44. The minimum atomic E-state index is 0.514. The number of nitrogens with zero attached hydrogens (tertiary/aromatic N) is 1. The van der Waals surface area contributed by atoms with Crippen molar-refractivity contribution in [3.63, 3.8) is 0 Å². The predicted molar refractivity (Wildman–Crippen MR) is 63.1 cm³/mol. The molecule has 0 aliphatic heterocycles. The molecule has 1 aliphatic carbocycles. The van der Waals surface area contributed by atoms with Crippen LogP contribution < -0.4 is 5.73 Å². The summed E-state index contributed by atoms with van der Waals surface area (Å²) < 4.78 is 1.27. The highest BCUT2D eigenvalue weighted by atomic mass is 32.1. The van der Waals surface area contributed by atoms with E-state index in [1.807, 2.05) is 11.3 Å². The molecule has 0 atom stereocenters. The van der Waals surface area contributed by atoms with Crippen molar-refractivity contribution in [2.45, 2.75) is 31.6 Å². The number of thiophene rings is 1. The largest absolute Gasteiger partial charge is 0.375 e. The van der Waals surface area contributed by atoms with Gasteiger partial charge in [-0.1, -0.05) is 18.3 Å². The molecule has 2 aromatic heterocycles. The molecule has 0 bridgehead atoms. The van der Waals surface area contributed by atoms with E-state index in [9.17, 15) is 0 Å². The van der Waals surface area contributed by atoms with E-state index >= 15 is 0 Å². The van der Waals surface area contributed by atoms with Crippen molar-refractivity contribution >= 4 is 37.3 Å². The minimum Gasteiger partial charge on any atom is -0.375 e. The third kappa shape index (κ3) is 1.10. The van der Waals surface area contributed by atoms with Gasteiger partial charge in [0, 0.05) is 10.3 Å². The van der Waals surface area contributed by atoms with Crippen LogP contribution in [0.15, 0.2) is 6.07 Å². The molecule has 1 aliphatic rings. The van der Waals surface area contributed by atoms with E-state index in [0.717, 1.165) is 4.83 Å². The molecular formula is C10H12N2S2. The zero-order valence-corrected chi connectivity index (χ0v) is 9.67. The van der Waals surface area contributed by atoms with E-state index in [4.69, 9.17) is 5.73 Å². The normalized spacial score (nSPS) is 18.9. The molecule has 0 aromatic carbocycles. The Labute approximate surface area is 90.8 Å². The maximum Gasteiger partial charge on any atom is 0.181 e. The van der Waals surface area contributed by atoms with Gasteiger partial charge < -0.3 is 5.73 Å². The van der Waals surface area contributed by atoms with Crippen molar-refractivity contribution < 1.29 is 0 Å². The van der Waals surface area contributed by atoms with E-state index in [2.05, 4.69) is 18.0 Å². The maximum atomic E-state index is 5.66. The Hall–Kier alpha value is -0.610. The Kier molecular flexibility index (Phi) is 1.67. The van der Waals surface area contributed by atoms with Gasteiger partial charge in [-0.3, -0.25) is 0 Å². The summed E-state index contributed by atoms with van der Waals surface area (Å²) in [5, 5.41) is 0.694. The number of thiazole rings is 1. The number of anilines is 1. The maximum absolute atomic E-state index is 5.66. The van der Waals surface area contributed by atoms with Crippen molar-refractivity contribution in [2.24, 2.45) is 0 Å². The van der Waals surface area contributed by atoms with Crippen LogP contribution in [0, 0.1) is 0 Å². The first kappa shape index (κ1) is 8.68. The van der Waals surface area contributed by atoms with E-state index < -0.39 is 0 Å². The number of hydrogen-bond donors (Lipinski definition) is 1. The monoisotopic (exact) mass is 224 g/mol. The van der Waals surface area contributed by atoms with Crippen molar-refractivity contribution in [1.29, 1.82) is 0 Å². The molecule has 0 amide bonds. The molecule has 2 N–H and O–H groups in total. The first-order valence-corrected chi connectivity index (χ1v) is 6.53. The molecule has 0 unspecified atom stereocenters. The highest BCUT2D eigenvalue weighted by Crippen LogP contribution is 2.54. The van der Waals surface area contributed by atoms with Crippen molar-refractivity contribution in [1.82, 2.24) is 4.98 Å². The lowest BCUT2D eigenvalue weighted by atomic mass is 10.0. The van der Waals surface area contributed by atoms with Crippen molar-refractivity contribution in [3.05, 3.63) is 10.9 Å². The van der Waals surface area contributed by atoms with Gasteiger partial charge in [0.15, 0.2) is 5.13 Å². The Bertz CT molecular complexity index is 448. The molecule has 4 heteroatoms. The first-order valence-electron chi connectivity index (χ1n) is 4.90. The van der Waals surface area contributed by atoms with Crippen LogP contribution in [0.1, 0.15) is 31.1 Å². The molecule has 2 nitrogen and oxygen atoms in total. The summed E-state index contributed by atoms with van der Waals surface area (Å²) in [5.74, 6) is 0. The molecule has 0 spiro atoms. The van der Waals surface area contributed by atoms with Gasteiger partial charge >= 0.3 is 0 Å². The second-order valence-electron chi connectivity index (χ2n) is 3.97. The van der Waals surface area contributed by atoms with E-state index in [1.165, 1.54) is 28.8 Å². The van der Waals surface area contributed by atoms with Crippen LogP contribution >= 0.6 is 22.7 Å². The fourth-order valence-corrected chi connectivity index (χ4v) is 4.25. The summed E-state index contributed by atoms with van der Waals surface area (Å²) in [6, 6.07) is 2.30. The van der Waals surface area contributed by atoms with Gasteiger partial charge in [-0.05, 0) is 25.3 Å². The second-order valence-corrected chi connectivity index (χ2v) is 6.06. The summed E-state index contributed by atoms with van der Waals surface area (Å²) in [6.07, 6.45) is 3.97. The van der Waals surface area contributed by atoms with Gasteiger partial charge in [-0.25, -0.2) is 4.98 Å². The third-order valence-electron chi connectivity index (χ3n) is 3.16. The van der Waals surface area contributed by atoms with Crippen LogP contribution in [0.3, 0.4) is 0 Å². The summed E-state index contributed by atoms with van der Waals surface area (Å²) in [5.41, 5.74) is 6.17. The molecule has 2 aromatic rings. The van der Waals surface area contributed by atoms with Gasteiger partial charge in [-0.2, -0.15) is 0 Å². The highest BCUT2D eigenvalue weighted by Gasteiger charge is 2.43. The number of nitrogen functional groups attached to an aromatic ring is 1. The average Bonchev–Trinajstić information content (AvgIpc) is 2.75. The standard InChI is InChI=1S/C10H12N2S2/c1-2-10(3-4-10)7-5-6-8(14-7)12-9(11)13-6/h5H,2-4H2,1H3,(H2,11,12). The molecule has 0 saturated heterocycles. The minimum absolute atomic E-state index is 0.514. The fraction of sp³-hybridized carbons (Fsp3) is 0.500. The zero-order chi connectivity index (χ0) is 9.76. The number of hydrogen-bond acceptors (Lipinski definition) is 4. The van der Waals surface area contributed by atoms with Crippen LogP contribution in [0.2, 0.25) is 0 Å². The molecule has 14 heavy (non-hydrogen) atoms. The molecule has 1 saturated carbocycles. The summed E-state index contributed by atoms with van der Waals surface area (Å²) in [6.45, 7) is 2.28. The van der Waals surface area contributed by atoms with Crippen LogP contribution in [0.5, 0.6) is 0 Å². The number of nitrogens with two attached hydrogens (primary N) is 1. The predicted octanol–water partition coefficient (Wildman–Crippen LogP) is 3.38. The van der Waals surface area contributed by atoms with Crippen LogP contribution in [0.4, 0.5) is 5.13 Å². The second kappa shape index (κ2) is 2.70. The number of fused-ring (bicyclic) bond motifs is 1. The van der Waals surface area contributed by atoms with Crippen LogP contribution in [-0.4, -0.2) is 4.98 Å². The SMILES string of the molecule is CCC1(c2cc3sc(N)nc3s2)CC1. The Morgan fingerprint density at radius 2 is 2.29 bits per heavy atom. The van der Waals surface area contributed by atoms with Crippen molar-refractivity contribution in [3.8, 4) is 0 Å². The Balaban J connectivity index is 2.11. The number of rotatable bonds is 2. The molecule has 2 heterocycles. The third-order valence-corrected chi connectivity index (χ3v) is 5.39. The number of aromatic nitrogens is 1. The summed E-state index contributed by atoms with van der Waals surface area (Å²) in [7, 11) is 0. The Morgan fingerprint density at radius 1 is 1.50 bits per heavy atom. The quantitative estimate of drug-likeness (QED) is 0.849. The fourth-order valence-electron chi connectivity index (χ4n) is 1.94. The molecule has 3 rings (SSSR count). The van der Waals surface area contributed by atoms with Gasteiger partial charge in [0.2, 0.25) is 0 Å². The van der Waals surface area contributed by atoms with E-state index in [0.29, 0.717) is 10.5 Å². The van der Waals surface area contributed by atoms with Gasteiger partial charge in [0.25, 0.3) is 0 Å². The average molecular weight is 224 g/mol. The van der Waals surface area contributed by atoms with Crippen LogP contribution in [0.25, 0.3) is 9.53 Å². The van der Waals surface area contributed by atoms with Gasteiger partial charge in [0.05, 0.1) is 4.70 Å². The lowest BCUT2D eigenvalue weighted by molar-refractivity contribution is 0.679. The topological polar surface area (TPSA) is 38.9 Å². The summed E-state index contributed by atoms with van der Waals surface area (Å²) in [4.78, 5) is 6.97. The lowest BCUT2D eigenvalue weighted by Crippen LogP contribution is -2.00. The molecular weight excluding hydrogens is 212 g/mol. The first-order chi connectivity index (χ1) is 6.73. The van der Waals surface area contributed by atoms with Crippen LogP contribution in [-0.2, 0) is 5.41 Å². The van der Waals surface area contributed by atoms with E-state index in [-0.39, 0.29) is 0 Å². The van der Waals surface area contributed by atoms with E-state index in [1.54, 1.807) is 11.3 Å². The van der Waals surface area contributed by atoms with Gasteiger partial charge in [0.1, 0.15) is 4.83 Å². The van der Waals surface area contributed by atoms with Gasteiger partial charge in [-0.15, -0.1) is 11.3 Å². The lowest BCUT2D eigenvalue weighted by Gasteiger charge is -2.07. The highest BCUT2D eigenvalue weighted by molar-refractivity contribution is 7.29. The zero-order valence-electron chi connectivity index (χ0n) is 8.04. The van der Waals surface area contributed by atoms with Crippen molar-refractivity contribution in [2.75, 3.05) is 5.73 Å². The molecule has 74 valence electrons. The molecule has 0 radical (unpaired) electrons. The Morgan fingerprint density at radius 3 is 2.86 bits per heavy atom.